The van der Waals surface area contributed by atoms with Gasteiger partial charge in [0.15, 0.2) is 0 Å². The second-order valence-electron chi connectivity index (χ2n) is 5.79. The summed E-state index contributed by atoms with van der Waals surface area (Å²) >= 11 is 8.52. The third kappa shape index (κ3) is 5.15. The van der Waals surface area contributed by atoms with Crippen LogP contribution >= 0.6 is 34.7 Å². The van der Waals surface area contributed by atoms with E-state index in [0.717, 1.165) is 25.4 Å². The molecule has 3 aromatic rings. The average molecular weight is 453 g/mol. The number of nitrogens with zero attached hydrogens (tertiary/aromatic N) is 1. The molecule has 1 heterocycles. The van der Waals surface area contributed by atoms with Gasteiger partial charge in [-0.25, -0.2) is 8.42 Å². The number of likely N-dealkylation sites (N-methyl/N-ethyl adjacent to an activating group) is 1. The summed E-state index contributed by atoms with van der Waals surface area (Å²) in [4.78, 5) is 14.3. The number of amides is 1. The number of thiophene rings is 1. The van der Waals surface area contributed by atoms with Crippen molar-refractivity contribution >= 4 is 56.3 Å². The molecule has 0 aliphatic carbocycles. The number of hydrogen-bond acceptors (Lipinski definition) is 5. The zero-order valence-corrected chi connectivity index (χ0v) is 18.0. The number of carbonyl (C=O) groups is 1. The van der Waals surface area contributed by atoms with Gasteiger partial charge >= 0.3 is 0 Å². The predicted molar refractivity (Wildman–Crippen MR) is 115 cm³/mol. The minimum atomic E-state index is -3.67. The number of halogens is 1. The Kier molecular flexibility index (Phi) is 6.79. The lowest BCUT2D eigenvalue weighted by Crippen LogP contribution is -2.34. The number of sulfonamides is 1. The molecule has 2 aromatic carbocycles. The van der Waals surface area contributed by atoms with E-state index in [9.17, 15) is 13.2 Å². The van der Waals surface area contributed by atoms with Crippen LogP contribution in [0.5, 0.6) is 0 Å². The van der Waals surface area contributed by atoms with Crippen LogP contribution in [0.25, 0.3) is 0 Å². The van der Waals surface area contributed by atoms with Crippen molar-refractivity contribution in [2.24, 2.45) is 0 Å². The van der Waals surface area contributed by atoms with Crippen molar-refractivity contribution in [2.45, 2.75) is 14.0 Å². The minimum absolute atomic E-state index is 0.210. The number of rotatable bonds is 7. The molecule has 0 spiro atoms. The van der Waals surface area contributed by atoms with Crippen molar-refractivity contribution in [3.63, 3.8) is 0 Å². The molecule has 0 unspecified atom stereocenters. The van der Waals surface area contributed by atoms with E-state index in [1.807, 2.05) is 30.3 Å². The van der Waals surface area contributed by atoms with Gasteiger partial charge in [-0.3, -0.25) is 4.79 Å². The van der Waals surface area contributed by atoms with E-state index in [4.69, 9.17) is 11.6 Å². The fourth-order valence-electron chi connectivity index (χ4n) is 2.33. The largest absolute Gasteiger partial charge is 0.324 e. The first-order valence-corrected chi connectivity index (χ1v) is 11.7. The van der Waals surface area contributed by atoms with Gasteiger partial charge in [-0.2, -0.15) is 4.31 Å². The maximum absolute atomic E-state index is 12.5. The molecule has 0 fully saturated rings. The maximum Gasteiger partial charge on any atom is 0.252 e. The molecule has 5 nitrogen and oxygen atoms in total. The first-order chi connectivity index (χ1) is 13.4. The lowest BCUT2D eigenvalue weighted by molar-refractivity contribution is -0.116. The van der Waals surface area contributed by atoms with Gasteiger partial charge in [0.25, 0.3) is 10.0 Å². The third-order valence-electron chi connectivity index (χ3n) is 3.73. The topological polar surface area (TPSA) is 66.5 Å². The van der Waals surface area contributed by atoms with Crippen LogP contribution in [0.15, 0.2) is 80.0 Å². The molecule has 28 heavy (non-hydrogen) atoms. The van der Waals surface area contributed by atoms with E-state index >= 15 is 0 Å². The van der Waals surface area contributed by atoms with Crippen LogP contribution in [0.2, 0.25) is 5.02 Å². The van der Waals surface area contributed by atoms with Crippen LogP contribution in [-0.2, 0) is 14.8 Å². The number of benzene rings is 2. The third-order valence-corrected chi connectivity index (χ3v) is 8.24. The summed E-state index contributed by atoms with van der Waals surface area (Å²) in [5.74, 6) is -0.410. The maximum atomic E-state index is 12.5. The van der Waals surface area contributed by atoms with Crippen molar-refractivity contribution in [3.8, 4) is 0 Å². The van der Waals surface area contributed by atoms with Crippen LogP contribution in [-0.4, -0.2) is 32.2 Å². The van der Waals surface area contributed by atoms with Gasteiger partial charge in [-0.1, -0.05) is 41.6 Å². The quantitative estimate of drug-likeness (QED) is 0.558. The highest BCUT2D eigenvalue weighted by Gasteiger charge is 2.24. The van der Waals surface area contributed by atoms with Gasteiger partial charge in [0.05, 0.1) is 12.2 Å². The molecule has 0 radical (unpaired) electrons. The first kappa shape index (κ1) is 20.9. The fraction of sp³-hybridized carbons (Fsp3) is 0.105. The molecular formula is C19H17ClN2O3S3. The molecule has 1 aromatic heterocycles. The summed E-state index contributed by atoms with van der Waals surface area (Å²) < 4.78 is 26.2. The Hall–Kier alpha value is -1.84. The van der Waals surface area contributed by atoms with Crippen LogP contribution in [0, 0.1) is 0 Å². The van der Waals surface area contributed by atoms with Crippen LogP contribution < -0.4 is 5.32 Å². The number of nitrogens with one attached hydrogen (secondary N) is 1. The van der Waals surface area contributed by atoms with Gasteiger partial charge in [0.2, 0.25) is 5.91 Å². The Morgan fingerprint density at radius 3 is 2.50 bits per heavy atom. The molecule has 0 saturated heterocycles. The SMILES string of the molecule is CN(CC(=O)Nc1ccccc1Sc1ccc(Cl)cc1)S(=O)(=O)c1cccs1. The van der Waals surface area contributed by atoms with Crippen LogP contribution in [0.4, 0.5) is 5.69 Å². The average Bonchev–Trinajstić information content (AvgIpc) is 3.20. The van der Waals surface area contributed by atoms with Crippen molar-refractivity contribution in [1.82, 2.24) is 4.31 Å². The van der Waals surface area contributed by atoms with Crippen molar-refractivity contribution < 1.29 is 13.2 Å². The van der Waals surface area contributed by atoms with E-state index in [-0.39, 0.29) is 10.8 Å². The van der Waals surface area contributed by atoms with E-state index < -0.39 is 15.9 Å². The number of anilines is 1. The molecule has 3 rings (SSSR count). The second kappa shape index (κ2) is 9.11. The molecule has 0 saturated carbocycles. The molecule has 0 aliphatic heterocycles. The Labute approximate surface area is 177 Å². The summed E-state index contributed by atoms with van der Waals surface area (Å²) in [5, 5.41) is 5.14. The Balaban J connectivity index is 1.70. The van der Waals surface area contributed by atoms with Crippen molar-refractivity contribution in [2.75, 3.05) is 18.9 Å². The lowest BCUT2D eigenvalue weighted by Gasteiger charge is -2.16. The Morgan fingerprint density at radius 2 is 1.82 bits per heavy atom. The van der Waals surface area contributed by atoms with Gasteiger partial charge < -0.3 is 5.32 Å². The van der Waals surface area contributed by atoms with E-state index in [2.05, 4.69) is 5.32 Å². The molecule has 1 amide bonds. The zero-order valence-electron chi connectivity index (χ0n) is 14.8. The van der Waals surface area contributed by atoms with Gasteiger partial charge in [0.1, 0.15) is 4.21 Å². The van der Waals surface area contributed by atoms with Crippen molar-refractivity contribution in [1.29, 1.82) is 0 Å². The summed E-state index contributed by atoms with van der Waals surface area (Å²) in [5.41, 5.74) is 0.620. The standard InChI is InChI=1S/C19H17ClN2O3S3/c1-22(28(24,25)19-7-4-12-26-19)13-18(23)21-16-5-2-3-6-17(16)27-15-10-8-14(20)9-11-15/h2-12H,13H2,1H3,(H,21,23). The van der Waals surface area contributed by atoms with Crippen molar-refractivity contribution in [3.05, 3.63) is 71.1 Å². The monoisotopic (exact) mass is 452 g/mol. The normalized spacial score (nSPS) is 11.5. The smallest absolute Gasteiger partial charge is 0.252 e. The van der Waals surface area contributed by atoms with E-state index in [0.29, 0.717) is 10.7 Å². The highest BCUT2D eigenvalue weighted by Crippen LogP contribution is 2.34. The highest BCUT2D eigenvalue weighted by molar-refractivity contribution is 7.99. The fourth-order valence-corrected chi connectivity index (χ4v) is 5.69. The molecule has 1 N–H and O–H groups in total. The van der Waals surface area contributed by atoms with Crippen LogP contribution in [0.1, 0.15) is 0 Å². The molecule has 0 bridgehead atoms. The summed E-state index contributed by atoms with van der Waals surface area (Å²) in [7, 11) is -2.28. The summed E-state index contributed by atoms with van der Waals surface area (Å²) in [6.45, 7) is -0.278. The zero-order chi connectivity index (χ0) is 20.1. The predicted octanol–water partition coefficient (Wildman–Crippen LogP) is 4.81. The molecular weight excluding hydrogens is 436 g/mol. The highest BCUT2D eigenvalue weighted by atomic mass is 35.5. The Bertz CT molecular complexity index is 1050. The van der Waals surface area contributed by atoms with Gasteiger partial charge in [-0.15, -0.1) is 11.3 Å². The summed E-state index contributed by atoms with van der Waals surface area (Å²) in [6, 6.07) is 17.9. The first-order valence-electron chi connectivity index (χ1n) is 8.18. The van der Waals surface area contributed by atoms with Gasteiger partial charge in [-0.05, 0) is 47.8 Å². The lowest BCUT2D eigenvalue weighted by atomic mass is 10.3. The minimum Gasteiger partial charge on any atom is -0.324 e. The van der Waals surface area contributed by atoms with E-state index in [1.165, 1.54) is 24.9 Å². The number of para-hydroxylation sites is 1. The molecule has 146 valence electrons. The van der Waals surface area contributed by atoms with Gasteiger partial charge in [0, 0.05) is 21.9 Å². The molecule has 0 aliphatic rings. The number of carbonyl (C=O) groups excluding carboxylic acids is 1. The second-order valence-corrected chi connectivity index (χ2v) is 10.6. The van der Waals surface area contributed by atoms with Crippen LogP contribution in [0.3, 0.4) is 0 Å². The van der Waals surface area contributed by atoms with E-state index in [1.54, 1.807) is 29.6 Å². The molecule has 9 heteroatoms. The summed E-state index contributed by atoms with van der Waals surface area (Å²) in [6.07, 6.45) is 0. The number of hydrogen-bond donors (Lipinski definition) is 1. The Morgan fingerprint density at radius 1 is 1.11 bits per heavy atom. The molecule has 0 atom stereocenters.